The highest BCUT2D eigenvalue weighted by atomic mass is 28.3. The molecule has 0 amide bonds. The predicted molar refractivity (Wildman–Crippen MR) is 256 cm³/mol. The molecule has 3 nitrogen and oxygen atoms in total. The molecule has 0 N–H and O–H groups in total. The molecule has 2 aliphatic heterocycles. The third-order valence-electron chi connectivity index (χ3n) is 13.2. The fourth-order valence-corrected chi connectivity index (χ4v) is 16.2. The molecule has 3 aromatic heterocycles. The van der Waals surface area contributed by atoms with Gasteiger partial charge in [0.15, 0.2) is 8.07 Å². The van der Waals surface area contributed by atoms with Crippen molar-refractivity contribution in [1.29, 1.82) is 0 Å². The first-order valence-corrected chi connectivity index (χ1v) is 22.9. The molecule has 11 aromatic rings. The Morgan fingerprint density at radius 3 is 1.62 bits per heavy atom. The van der Waals surface area contributed by atoms with Crippen LogP contribution in [-0.4, -0.2) is 23.0 Å². The molecule has 0 aliphatic carbocycles. The molecule has 1 spiro atoms. The maximum Gasteiger partial charge on any atom is 0.182 e. The van der Waals surface area contributed by atoms with Crippen LogP contribution >= 0.6 is 0 Å². The van der Waals surface area contributed by atoms with Crippen LogP contribution in [0.3, 0.4) is 0 Å². The summed E-state index contributed by atoms with van der Waals surface area (Å²) in [6, 6.07) is 70.0. The lowest BCUT2D eigenvalue weighted by Gasteiger charge is -2.27. The predicted octanol–water partition coefficient (Wildman–Crippen LogP) is 11.3. The molecule has 5 heterocycles. The lowest BCUT2D eigenvalue weighted by Crippen LogP contribution is -2.70. The van der Waals surface area contributed by atoms with Crippen molar-refractivity contribution in [2.24, 2.45) is 0 Å². The van der Waals surface area contributed by atoms with E-state index in [1.807, 2.05) is 30.9 Å². The summed E-state index contributed by atoms with van der Waals surface area (Å²) in [5.74, 6) is 0. The number of benzene rings is 8. The van der Waals surface area contributed by atoms with Crippen LogP contribution in [0, 0.1) is 0 Å². The Morgan fingerprint density at radius 1 is 0.295 bits per heavy atom. The molecule has 0 atom stereocenters. The van der Waals surface area contributed by atoms with Gasteiger partial charge in [-0.1, -0.05) is 146 Å². The average Bonchev–Trinajstić information content (AvgIpc) is 3.80. The van der Waals surface area contributed by atoms with E-state index in [-0.39, 0.29) is 0 Å². The Labute approximate surface area is 354 Å². The van der Waals surface area contributed by atoms with E-state index in [4.69, 9.17) is 4.98 Å². The Bertz CT molecular complexity index is 3580. The van der Waals surface area contributed by atoms with Crippen molar-refractivity contribution < 1.29 is 0 Å². The summed E-state index contributed by atoms with van der Waals surface area (Å²) in [6.07, 6.45) is 7.72. The standard InChI is InChI=1S/C57H35N3Si/c1-2-14-46(43-29-39-23-22-37-12-10-27-59-56(37)57(39)60-34-43)44(13-1)41-30-40(31-42(32-41)45-18-9-11-36-26-28-58-35-51(36)45)38-24-25-55-50(33-38)49-17-5-8-21-54(49)61(55)52-19-6-3-15-47(52)48-16-4-7-20-53(48)61/h1-35H. The highest BCUT2D eigenvalue weighted by Gasteiger charge is 2.53. The van der Waals surface area contributed by atoms with Crippen LogP contribution in [0.15, 0.2) is 213 Å². The summed E-state index contributed by atoms with van der Waals surface area (Å²) in [4.78, 5) is 14.3. The highest BCUT2D eigenvalue weighted by molar-refractivity contribution is 7.24. The molecule has 8 aromatic carbocycles. The number of hydrogen-bond acceptors (Lipinski definition) is 3. The zero-order valence-corrected chi connectivity index (χ0v) is 34.0. The van der Waals surface area contributed by atoms with Gasteiger partial charge in [-0.3, -0.25) is 15.0 Å². The second-order valence-corrected chi connectivity index (χ2v) is 20.0. The Morgan fingerprint density at radius 2 is 0.869 bits per heavy atom. The quantitative estimate of drug-likeness (QED) is 0.132. The van der Waals surface area contributed by atoms with Crippen LogP contribution < -0.4 is 20.7 Å². The minimum atomic E-state index is -2.53. The molecule has 61 heavy (non-hydrogen) atoms. The van der Waals surface area contributed by atoms with Gasteiger partial charge in [0.05, 0.1) is 11.0 Å². The van der Waals surface area contributed by atoms with Crippen molar-refractivity contribution in [2.45, 2.75) is 0 Å². The SMILES string of the molecule is c1ccc(-c2cnc3c(ccc4cccnc43)c2)c(-c2cc(-c3ccc4c(c3)-c3ccccc3[Si]43c4ccccc4-c4ccccc43)cc(-c3cccc4ccncc34)c2)c1. The van der Waals surface area contributed by atoms with E-state index in [1.54, 1.807) is 0 Å². The summed E-state index contributed by atoms with van der Waals surface area (Å²) >= 11 is 0. The first-order valence-electron chi connectivity index (χ1n) is 20.9. The minimum absolute atomic E-state index is 0.917. The molecule has 0 saturated carbocycles. The van der Waals surface area contributed by atoms with Crippen LogP contribution in [0.25, 0.3) is 99.3 Å². The lowest BCUT2D eigenvalue weighted by molar-refractivity contribution is 1.36. The van der Waals surface area contributed by atoms with Crippen molar-refractivity contribution >= 4 is 61.4 Å². The smallest absolute Gasteiger partial charge is 0.182 e. The monoisotopic (exact) mass is 789 g/mol. The van der Waals surface area contributed by atoms with Gasteiger partial charge in [0, 0.05) is 46.5 Å². The second kappa shape index (κ2) is 13.1. The van der Waals surface area contributed by atoms with E-state index in [9.17, 15) is 0 Å². The summed E-state index contributed by atoms with van der Waals surface area (Å²) in [7, 11) is -2.53. The molecule has 0 saturated heterocycles. The molecule has 0 radical (unpaired) electrons. The van der Waals surface area contributed by atoms with Gasteiger partial charge in [0.25, 0.3) is 0 Å². The number of rotatable bonds is 4. The number of aromatic nitrogens is 3. The second-order valence-electron chi connectivity index (χ2n) is 16.3. The molecule has 13 rings (SSSR count). The average molecular weight is 790 g/mol. The maximum absolute atomic E-state index is 5.03. The van der Waals surface area contributed by atoms with E-state index >= 15 is 0 Å². The van der Waals surface area contributed by atoms with Crippen LogP contribution in [0.5, 0.6) is 0 Å². The molecular weight excluding hydrogens is 755 g/mol. The van der Waals surface area contributed by atoms with Gasteiger partial charge in [0.1, 0.15) is 0 Å². The molecule has 4 heteroatoms. The van der Waals surface area contributed by atoms with Crippen molar-refractivity contribution in [3.63, 3.8) is 0 Å². The number of nitrogens with zero attached hydrogens (tertiary/aromatic N) is 3. The van der Waals surface area contributed by atoms with Gasteiger partial charge in [-0.2, -0.15) is 0 Å². The number of pyridine rings is 3. The van der Waals surface area contributed by atoms with Crippen molar-refractivity contribution in [3.8, 4) is 66.8 Å². The minimum Gasteiger partial charge on any atom is -0.264 e. The topological polar surface area (TPSA) is 38.7 Å². The molecule has 2 aliphatic rings. The fourth-order valence-electron chi connectivity index (χ4n) is 10.6. The van der Waals surface area contributed by atoms with Crippen molar-refractivity contribution in [1.82, 2.24) is 15.0 Å². The normalized spacial score (nSPS) is 13.0. The first-order chi connectivity index (χ1) is 30.2. The van der Waals surface area contributed by atoms with Gasteiger partial charge >= 0.3 is 0 Å². The van der Waals surface area contributed by atoms with Crippen LogP contribution in [0.4, 0.5) is 0 Å². The van der Waals surface area contributed by atoms with Crippen LogP contribution in [0.2, 0.25) is 0 Å². The van der Waals surface area contributed by atoms with Gasteiger partial charge < -0.3 is 0 Å². The highest BCUT2D eigenvalue weighted by Crippen LogP contribution is 2.42. The van der Waals surface area contributed by atoms with Gasteiger partial charge in [-0.25, -0.2) is 0 Å². The molecule has 0 unspecified atom stereocenters. The Balaban J connectivity index is 1.03. The summed E-state index contributed by atoms with van der Waals surface area (Å²) in [5, 5.41) is 10.4. The van der Waals surface area contributed by atoms with Crippen molar-refractivity contribution in [3.05, 3.63) is 213 Å². The summed E-state index contributed by atoms with van der Waals surface area (Å²) in [6.45, 7) is 0. The third-order valence-corrected chi connectivity index (χ3v) is 18.2. The van der Waals surface area contributed by atoms with E-state index in [0.717, 1.165) is 60.6 Å². The Hall–Kier alpha value is -7.79. The van der Waals surface area contributed by atoms with Crippen LogP contribution in [0.1, 0.15) is 0 Å². The Kier molecular flexibility index (Phi) is 7.33. The summed E-state index contributed by atoms with van der Waals surface area (Å²) in [5.41, 5.74) is 16.5. The molecular formula is C57H35N3Si. The van der Waals surface area contributed by atoms with E-state index in [1.165, 1.54) is 59.5 Å². The van der Waals surface area contributed by atoms with Gasteiger partial charge in [-0.15, -0.1) is 0 Å². The van der Waals surface area contributed by atoms with Crippen molar-refractivity contribution in [2.75, 3.05) is 0 Å². The number of hydrogen-bond donors (Lipinski definition) is 0. The molecule has 0 fully saturated rings. The van der Waals surface area contributed by atoms with E-state index in [0.29, 0.717) is 0 Å². The van der Waals surface area contributed by atoms with E-state index < -0.39 is 8.07 Å². The molecule has 0 bridgehead atoms. The summed E-state index contributed by atoms with van der Waals surface area (Å²) < 4.78 is 0. The molecule has 282 valence electrons. The lowest BCUT2D eigenvalue weighted by atomic mass is 9.88. The van der Waals surface area contributed by atoms with Crippen LogP contribution in [-0.2, 0) is 0 Å². The zero-order chi connectivity index (χ0) is 40.1. The largest absolute Gasteiger partial charge is 0.264 e. The first kappa shape index (κ1) is 34.1. The van der Waals surface area contributed by atoms with Gasteiger partial charge in [0.2, 0.25) is 0 Å². The van der Waals surface area contributed by atoms with E-state index in [2.05, 4.69) is 192 Å². The zero-order valence-electron chi connectivity index (χ0n) is 33.0. The maximum atomic E-state index is 5.03. The fraction of sp³-hybridized carbons (Fsp3) is 0. The third kappa shape index (κ3) is 4.94. The van der Waals surface area contributed by atoms with Gasteiger partial charge in [-0.05, 0) is 130 Å². The number of fused-ring (bicyclic) bond motifs is 14.